The number of amides is 1. The van der Waals surface area contributed by atoms with Gasteiger partial charge in [-0.2, -0.15) is 0 Å². The second-order valence-corrected chi connectivity index (χ2v) is 4.61. The van der Waals surface area contributed by atoms with Crippen LogP contribution in [0.3, 0.4) is 0 Å². The quantitative estimate of drug-likeness (QED) is 0.815. The number of hydrogen-bond donors (Lipinski definition) is 1. The molecule has 2 heterocycles. The van der Waals surface area contributed by atoms with Crippen molar-refractivity contribution in [2.75, 3.05) is 26.8 Å². The average molecular weight is 241 g/mol. The van der Waals surface area contributed by atoms with Gasteiger partial charge < -0.3 is 15.0 Å². The lowest BCUT2D eigenvalue weighted by atomic mass is 10.2. The molecule has 88 valence electrons. The molecule has 0 saturated carbocycles. The van der Waals surface area contributed by atoms with Crippen LogP contribution in [0, 0.1) is 0 Å². The predicted octanol–water partition coefficient (Wildman–Crippen LogP) is 0.0899. The Hall–Kier alpha value is -0.980. The Labute approximate surface area is 98.4 Å². The van der Waals surface area contributed by atoms with Crippen molar-refractivity contribution in [1.82, 2.24) is 15.2 Å². The standard InChI is InChI=1S/C10H15N3O2S/c1-11-9-6-15-3-2-13(10(9)14)5-8-4-12-7-16-8/h4,7,9,11H,2-3,5-6H2,1H3. The number of carbonyl (C=O) groups excluding carboxylic acids is 1. The van der Waals surface area contributed by atoms with Crippen molar-refractivity contribution in [2.45, 2.75) is 12.6 Å². The van der Waals surface area contributed by atoms with Crippen molar-refractivity contribution >= 4 is 17.2 Å². The Balaban J connectivity index is 2.04. The van der Waals surface area contributed by atoms with Crippen LogP contribution in [0.15, 0.2) is 11.7 Å². The number of carbonyl (C=O) groups is 1. The zero-order chi connectivity index (χ0) is 11.4. The van der Waals surface area contributed by atoms with E-state index in [1.54, 1.807) is 30.1 Å². The molecule has 16 heavy (non-hydrogen) atoms. The first-order chi connectivity index (χ1) is 7.81. The van der Waals surface area contributed by atoms with Crippen molar-refractivity contribution in [1.29, 1.82) is 0 Å². The zero-order valence-electron chi connectivity index (χ0n) is 9.18. The van der Waals surface area contributed by atoms with Gasteiger partial charge in [-0.1, -0.05) is 0 Å². The van der Waals surface area contributed by atoms with Gasteiger partial charge in [0.2, 0.25) is 5.91 Å². The molecule has 1 aliphatic heterocycles. The van der Waals surface area contributed by atoms with Gasteiger partial charge >= 0.3 is 0 Å². The topological polar surface area (TPSA) is 54.5 Å². The molecule has 1 aromatic heterocycles. The fourth-order valence-corrected chi connectivity index (χ4v) is 2.26. The molecule has 5 nitrogen and oxygen atoms in total. The van der Waals surface area contributed by atoms with Gasteiger partial charge in [-0.15, -0.1) is 11.3 Å². The van der Waals surface area contributed by atoms with Gasteiger partial charge in [-0.25, -0.2) is 0 Å². The summed E-state index contributed by atoms with van der Waals surface area (Å²) < 4.78 is 5.38. The van der Waals surface area contributed by atoms with E-state index >= 15 is 0 Å². The molecule has 0 radical (unpaired) electrons. The van der Waals surface area contributed by atoms with Crippen LogP contribution in [0.2, 0.25) is 0 Å². The third-order valence-electron chi connectivity index (χ3n) is 2.58. The molecule has 0 spiro atoms. The summed E-state index contributed by atoms with van der Waals surface area (Å²) in [6.07, 6.45) is 1.80. The summed E-state index contributed by atoms with van der Waals surface area (Å²) in [6, 6.07) is -0.226. The van der Waals surface area contributed by atoms with Crippen LogP contribution in [0.25, 0.3) is 0 Å². The van der Waals surface area contributed by atoms with Crippen molar-refractivity contribution in [3.63, 3.8) is 0 Å². The van der Waals surface area contributed by atoms with E-state index in [9.17, 15) is 4.79 Å². The number of aromatic nitrogens is 1. The molecule has 2 rings (SSSR count). The minimum Gasteiger partial charge on any atom is -0.377 e. The first kappa shape index (κ1) is 11.5. The summed E-state index contributed by atoms with van der Waals surface area (Å²) in [7, 11) is 1.78. The van der Waals surface area contributed by atoms with E-state index in [4.69, 9.17) is 4.74 Å². The second kappa shape index (κ2) is 5.38. The van der Waals surface area contributed by atoms with E-state index in [1.165, 1.54) is 0 Å². The summed E-state index contributed by atoms with van der Waals surface area (Å²) in [5, 5.41) is 2.97. The van der Waals surface area contributed by atoms with Crippen LogP contribution >= 0.6 is 11.3 Å². The van der Waals surface area contributed by atoms with E-state index in [2.05, 4.69) is 10.3 Å². The minimum absolute atomic E-state index is 0.105. The third kappa shape index (κ3) is 2.58. The molecule has 1 aliphatic rings. The molecule has 1 amide bonds. The van der Waals surface area contributed by atoms with Crippen LogP contribution in [-0.2, 0) is 16.1 Å². The molecule has 1 aromatic rings. The molecule has 1 atom stereocenters. The molecule has 1 N–H and O–H groups in total. The first-order valence-electron chi connectivity index (χ1n) is 5.22. The summed E-state index contributed by atoms with van der Waals surface area (Å²) in [5.41, 5.74) is 1.78. The van der Waals surface area contributed by atoms with E-state index in [0.717, 1.165) is 4.88 Å². The number of likely N-dealkylation sites (N-methyl/N-ethyl adjacent to an activating group) is 1. The number of nitrogens with zero attached hydrogens (tertiary/aromatic N) is 2. The Morgan fingerprint density at radius 2 is 2.62 bits per heavy atom. The summed E-state index contributed by atoms with van der Waals surface area (Å²) >= 11 is 1.57. The number of nitrogens with one attached hydrogen (secondary N) is 1. The maximum absolute atomic E-state index is 12.1. The molecule has 0 bridgehead atoms. The van der Waals surface area contributed by atoms with Gasteiger partial charge in [-0.3, -0.25) is 9.78 Å². The fraction of sp³-hybridized carbons (Fsp3) is 0.600. The van der Waals surface area contributed by atoms with E-state index in [1.807, 2.05) is 4.90 Å². The summed E-state index contributed by atoms with van der Waals surface area (Å²) in [4.78, 5) is 19.0. The monoisotopic (exact) mass is 241 g/mol. The first-order valence-corrected chi connectivity index (χ1v) is 6.10. The highest BCUT2D eigenvalue weighted by molar-refractivity contribution is 7.09. The van der Waals surface area contributed by atoms with Crippen LogP contribution in [-0.4, -0.2) is 48.6 Å². The van der Waals surface area contributed by atoms with Gasteiger partial charge in [0.05, 0.1) is 25.3 Å². The van der Waals surface area contributed by atoms with Gasteiger partial charge in [0, 0.05) is 17.6 Å². The largest absolute Gasteiger partial charge is 0.377 e. The smallest absolute Gasteiger partial charge is 0.242 e. The van der Waals surface area contributed by atoms with Gasteiger partial charge in [0.15, 0.2) is 0 Å². The number of ether oxygens (including phenoxy) is 1. The number of rotatable bonds is 3. The van der Waals surface area contributed by atoms with Gasteiger partial charge in [0.1, 0.15) is 6.04 Å². The van der Waals surface area contributed by atoms with Gasteiger partial charge in [0.25, 0.3) is 0 Å². The molecule has 6 heteroatoms. The van der Waals surface area contributed by atoms with Crippen LogP contribution in [0.1, 0.15) is 4.88 Å². The van der Waals surface area contributed by atoms with E-state index in [0.29, 0.717) is 26.3 Å². The lowest BCUT2D eigenvalue weighted by molar-refractivity contribution is -0.133. The Morgan fingerprint density at radius 3 is 3.31 bits per heavy atom. The maximum Gasteiger partial charge on any atom is 0.242 e. The zero-order valence-corrected chi connectivity index (χ0v) is 10.00. The summed E-state index contributed by atoms with van der Waals surface area (Å²) in [5.74, 6) is 0.105. The Kier molecular flexibility index (Phi) is 3.87. The molecule has 0 aliphatic carbocycles. The fourth-order valence-electron chi connectivity index (χ4n) is 1.65. The molecule has 1 unspecified atom stereocenters. The number of thiazole rings is 1. The molecule has 1 fully saturated rings. The Morgan fingerprint density at radius 1 is 1.75 bits per heavy atom. The minimum atomic E-state index is -0.226. The van der Waals surface area contributed by atoms with Crippen molar-refractivity contribution in [2.24, 2.45) is 0 Å². The average Bonchev–Trinajstić information content (AvgIpc) is 2.73. The highest BCUT2D eigenvalue weighted by atomic mass is 32.1. The molecule has 1 saturated heterocycles. The highest BCUT2D eigenvalue weighted by Gasteiger charge is 2.26. The van der Waals surface area contributed by atoms with Crippen LogP contribution in [0.5, 0.6) is 0 Å². The van der Waals surface area contributed by atoms with Crippen molar-refractivity contribution < 1.29 is 9.53 Å². The lowest BCUT2D eigenvalue weighted by Crippen LogP contribution is -2.45. The van der Waals surface area contributed by atoms with Crippen molar-refractivity contribution in [3.05, 3.63) is 16.6 Å². The maximum atomic E-state index is 12.1. The normalized spacial score (nSPS) is 22.2. The van der Waals surface area contributed by atoms with Crippen molar-refractivity contribution in [3.8, 4) is 0 Å². The number of hydrogen-bond acceptors (Lipinski definition) is 5. The van der Waals surface area contributed by atoms with Crippen LogP contribution < -0.4 is 5.32 Å². The third-order valence-corrected chi connectivity index (χ3v) is 3.34. The lowest BCUT2D eigenvalue weighted by Gasteiger charge is -2.22. The van der Waals surface area contributed by atoms with Crippen LogP contribution in [0.4, 0.5) is 0 Å². The SMILES string of the molecule is CNC1COCCN(Cc2cncs2)C1=O. The Bertz CT molecular complexity index is 342. The second-order valence-electron chi connectivity index (χ2n) is 3.64. The molecular formula is C10H15N3O2S. The van der Waals surface area contributed by atoms with E-state index in [-0.39, 0.29) is 11.9 Å². The predicted molar refractivity (Wildman–Crippen MR) is 61.2 cm³/mol. The highest BCUT2D eigenvalue weighted by Crippen LogP contribution is 2.12. The molecular weight excluding hydrogens is 226 g/mol. The molecule has 0 aromatic carbocycles. The van der Waals surface area contributed by atoms with Gasteiger partial charge in [-0.05, 0) is 7.05 Å². The summed E-state index contributed by atoms with van der Waals surface area (Å²) in [6.45, 7) is 2.33. The van der Waals surface area contributed by atoms with E-state index < -0.39 is 0 Å².